The summed E-state index contributed by atoms with van der Waals surface area (Å²) in [5, 5.41) is 26.1. The second kappa shape index (κ2) is 7.04. The Bertz CT molecular complexity index is 1090. The van der Waals surface area contributed by atoms with Gasteiger partial charge in [0.1, 0.15) is 23.3 Å². The predicted molar refractivity (Wildman–Crippen MR) is 104 cm³/mol. The number of nitrogens with zero attached hydrogens (tertiary/aromatic N) is 4. The fourth-order valence-electron chi connectivity index (χ4n) is 2.87. The fourth-order valence-corrected chi connectivity index (χ4v) is 3.59. The summed E-state index contributed by atoms with van der Waals surface area (Å²) in [6.45, 7) is 1.06. The Morgan fingerprint density at radius 3 is 2.81 bits per heavy atom. The number of nitro groups is 1. The van der Waals surface area contributed by atoms with E-state index in [-0.39, 0.29) is 11.4 Å². The third-order valence-corrected chi connectivity index (χ3v) is 4.95. The minimum atomic E-state index is -0.482. The van der Waals surface area contributed by atoms with Crippen molar-refractivity contribution in [3.63, 3.8) is 0 Å². The minimum Gasteiger partial charge on any atom is -0.506 e. The van der Waals surface area contributed by atoms with Crippen molar-refractivity contribution in [3.05, 3.63) is 64.2 Å². The molecule has 0 amide bonds. The zero-order chi connectivity index (χ0) is 18.8. The smallest absolute Gasteiger partial charge is 0.287 e. The van der Waals surface area contributed by atoms with Crippen LogP contribution in [-0.4, -0.2) is 31.1 Å². The third kappa shape index (κ3) is 3.32. The molecule has 0 spiro atoms. The molecule has 3 heterocycles. The van der Waals surface area contributed by atoms with E-state index in [0.29, 0.717) is 24.4 Å². The molecule has 0 atom stereocenters. The van der Waals surface area contributed by atoms with Gasteiger partial charge in [-0.2, -0.15) is 0 Å². The number of phenols is 1. The molecule has 0 saturated heterocycles. The van der Waals surface area contributed by atoms with Crippen molar-refractivity contribution in [2.45, 2.75) is 6.54 Å². The van der Waals surface area contributed by atoms with E-state index in [1.807, 2.05) is 28.1 Å². The number of hydrogen-bond acceptors (Lipinski definition) is 7. The van der Waals surface area contributed by atoms with Crippen LogP contribution in [0.5, 0.6) is 5.75 Å². The van der Waals surface area contributed by atoms with Crippen molar-refractivity contribution < 1.29 is 10.0 Å². The summed E-state index contributed by atoms with van der Waals surface area (Å²) in [6, 6.07) is 12.2. The monoisotopic (exact) mass is 381 g/mol. The van der Waals surface area contributed by atoms with Gasteiger partial charge in [-0.1, -0.05) is 12.1 Å². The summed E-state index contributed by atoms with van der Waals surface area (Å²) in [4.78, 5) is 19.9. The molecule has 0 radical (unpaired) electrons. The van der Waals surface area contributed by atoms with E-state index in [1.54, 1.807) is 29.5 Å². The summed E-state index contributed by atoms with van der Waals surface area (Å²) < 4.78 is 1.97. The van der Waals surface area contributed by atoms with Crippen molar-refractivity contribution in [1.82, 2.24) is 14.5 Å². The van der Waals surface area contributed by atoms with Gasteiger partial charge in [-0.05, 0) is 29.6 Å². The number of imidazole rings is 1. The number of thiophene rings is 1. The van der Waals surface area contributed by atoms with Gasteiger partial charge in [0.15, 0.2) is 5.82 Å². The molecule has 0 aliphatic heterocycles. The number of rotatable bonds is 6. The van der Waals surface area contributed by atoms with E-state index in [1.165, 1.54) is 12.3 Å². The molecule has 4 aromatic rings. The van der Waals surface area contributed by atoms with Crippen molar-refractivity contribution in [2.24, 2.45) is 0 Å². The van der Waals surface area contributed by atoms with Gasteiger partial charge in [0, 0.05) is 19.2 Å². The third-order valence-electron chi connectivity index (χ3n) is 4.09. The largest absolute Gasteiger partial charge is 0.506 e. The van der Waals surface area contributed by atoms with Crippen molar-refractivity contribution >= 4 is 33.9 Å². The highest BCUT2D eigenvalue weighted by Gasteiger charge is 2.16. The van der Waals surface area contributed by atoms with E-state index in [4.69, 9.17) is 0 Å². The van der Waals surface area contributed by atoms with Crippen LogP contribution in [-0.2, 0) is 6.54 Å². The molecule has 8 nitrogen and oxygen atoms in total. The van der Waals surface area contributed by atoms with Gasteiger partial charge in [-0.25, -0.2) is 9.97 Å². The van der Waals surface area contributed by atoms with Crippen LogP contribution in [0.25, 0.3) is 21.7 Å². The molecule has 1 aromatic carbocycles. The lowest BCUT2D eigenvalue weighted by Gasteiger charge is -2.10. The van der Waals surface area contributed by atoms with Crippen LogP contribution in [0.3, 0.4) is 0 Å². The van der Waals surface area contributed by atoms with Crippen LogP contribution in [0.2, 0.25) is 0 Å². The molecule has 0 fully saturated rings. The maximum absolute atomic E-state index is 10.7. The summed E-state index contributed by atoms with van der Waals surface area (Å²) in [5.41, 5.74) is 1.36. The quantitative estimate of drug-likeness (QED) is 0.388. The lowest BCUT2D eigenvalue weighted by Crippen LogP contribution is -2.12. The number of phenolic OH excluding ortho intramolecular Hbond substituents is 1. The van der Waals surface area contributed by atoms with Gasteiger partial charge in [-0.3, -0.25) is 10.1 Å². The highest BCUT2D eigenvalue weighted by Crippen LogP contribution is 2.32. The fraction of sp³-hybridized carbons (Fsp3) is 0.111. The molecule has 0 bridgehead atoms. The number of pyridine rings is 1. The second-order valence-electron chi connectivity index (χ2n) is 5.79. The van der Waals surface area contributed by atoms with Crippen LogP contribution in [0.4, 0.5) is 11.5 Å². The van der Waals surface area contributed by atoms with Crippen LogP contribution in [0.1, 0.15) is 0 Å². The SMILES string of the molecule is O=[N+]([O-])c1ccc(NCCn2c(-c3cccs3)nc3cccc(O)c32)nc1. The van der Waals surface area contributed by atoms with E-state index in [9.17, 15) is 15.2 Å². The van der Waals surface area contributed by atoms with Crippen LogP contribution >= 0.6 is 11.3 Å². The molecular weight excluding hydrogens is 366 g/mol. The molecule has 27 heavy (non-hydrogen) atoms. The van der Waals surface area contributed by atoms with E-state index in [0.717, 1.165) is 16.2 Å². The first kappa shape index (κ1) is 17.0. The van der Waals surface area contributed by atoms with E-state index < -0.39 is 4.92 Å². The topological polar surface area (TPSA) is 106 Å². The molecule has 0 aliphatic rings. The van der Waals surface area contributed by atoms with Crippen molar-refractivity contribution in [1.29, 1.82) is 0 Å². The lowest BCUT2D eigenvalue weighted by molar-refractivity contribution is -0.385. The Balaban J connectivity index is 1.59. The number of hydrogen-bond donors (Lipinski definition) is 2. The van der Waals surface area contributed by atoms with Crippen LogP contribution in [0.15, 0.2) is 54.0 Å². The molecule has 9 heteroatoms. The summed E-state index contributed by atoms with van der Waals surface area (Å²) >= 11 is 1.58. The number of aromatic hydroxyl groups is 1. The Morgan fingerprint density at radius 2 is 2.11 bits per heavy atom. The predicted octanol–water partition coefficient (Wildman–Crippen LogP) is 3.89. The molecule has 2 N–H and O–H groups in total. The standard InChI is InChI=1S/C18H15N5O3S/c24-14-4-1-3-13-17(14)22(18(21-13)15-5-2-10-27-15)9-8-19-16-7-6-12(11-20-16)23(25)26/h1-7,10-11,24H,8-9H2,(H,19,20). The van der Waals surface area contributed by atoms with Crippen LogP contribution in [0, 0.1) is 10.1 Å². The highest BCUT2D eigenvalue weighted by molar-refractivity contribution is 7.13. The molecule has 4 rings (SSSR count). The van der Waals surface area contributed by atoms with Gasteiger partial charge in [-0.15, -0.1) is 11.3 Å². The van der Waals surface area contributed by atoms with Gasteiger partial charge >= 0.3 is 0 Å². The maximum atomic E-state index is 10.7. The second-order valence-corrected chi connectivity index (χ2v) is 6.74. The van der Waals surface area contributed by atoms with E-state index >= 15 is 0 Å². The van der Waals surface area contributed by atoms with Gasteiger partial charge in [0.25, 0.3) is 5.69 Å². The number of benzene rings is 1. The summed E-state index contributed by atoms with van der Waals surface area (Å²) in [6.07, 6.45) is 1.22. The van der Waals surface area contributed by atoms with Gasteiger partial charge < -0.3 is 15.0 Å². The molecule has 136 valence electrons. The first-order chi connectivity index (χ1) is 13.1. The number of anilines is 1. The normalized spacial score (nSPS) is 11.0. The minimum absolute atomic E-state index is 0.0499. The van der Waals surface area contributed by atoms with Gasteiger partial charge in [0.05, 0.1) is 15.3 Å². The van der Waals surface area contributed by atoms with Crippen molar-refractivity contribution in [2.75, 3.05) is 11.9 Å². The number of fused-ring (bicyclic) bond motifs is 1. The Hall–Kier alpha value is -3.46. The highest BCUT2D eigenvalue weighted by atomic mass is 32.1. The molecule has 0 unspecified atom stereocenters. The maximum Gasteiger partial charge on any atom is 0.287 e. The van der Waals surface area contributed by atoms with Crippen molar-refractivity contribution in [3.8, 4) is 16.5 Å². The molecule has 0 saturated carbocycles. The summed E-state index contributed by atoms with van der Waals surface area (Å²) in [5.74, 6) is 1.52. The lowest BCUT2D eigenvalue weighted by atomic mass is 10.3. The average molecular weight is 381 g/mol. The number of para-hydroxylation sites is 1. The Kier molecular flexibility index (Phi) is 4.43. The molecule has 0 aliphatic carbocycles. The summed E-state index contributed by atoms with van der Waals surface area (Å²) in [7, 11) is 0. The zero-order valence-electron chi connectivity index (χ0n) is 14.1. The number of aromatic nitrogens is 3. The Morgan fingerprint density at radius 1 is 1.22 bits per heavy atom. The number of nitrogens with one attached hydrogen (secondary N) is 1. The first-order valence-corrected chi connectivity index (χ1v) is 9.08. The Labute approximate surface area is 157 Å². The van der Waals surface area contributed by atoms with E-state index in [2.05, 4.69) is 15.3 Å². The zero-order valence-corrected chi connectivity index (χ0v) is 14.9. The first-order valence-electron chi connectivity index (χ1n) is 8.20. The molecule has 3 aromatic heterocycles. The van der Waals surface area contributed by atoms with Crippen LogP contribution < -0.4 is 5.32 Å². The average Bonchev–Trinajstić information content (AvgIpc) is 3.30. The van der Waals surface area contributed by atoms with Gasteiger partial charge in [0.2, 0.25) is 0 Å². The molecular formula is C18H15N5O3S.